The van der Waals surface area contributed by atoms with Crippen LogP contribution in [0.4, 0.5) is 5.69 Å². The Morgan fingerprint density at radius 1 is 1.35 bits per heavy atom. The molecule has 0 aliphatic rings. The molecule has 0 fully saturated rings. The maximum absolute atomic E-state index is 11.8. The Bertz CT molecular complexity index is 569. The third-order valence-electron chi connectivity index (χ3n) is 2.60. The molecule has 2 rings (SSSR count). The first-order valence-corrected chi connectivity index (χ1v) is 7.36. The zero-order valence-corrected chi connectivity index (χ0v) is 12.1. The SMILES string of the molecule is CCCc1nnc(SCC(=O)Nc2ccccc2)n1N. The number of nitrogen functional groups attached to an aromatic ring is 1. The molecule has 0 saturated carbocycles. The molecule has 6 nitrogen and oxygen atoms in total. The summed E-state index contributed by atoms with van der Waals surface area (Å²) in [6, 6.07) is 9.32. The lowest BCUT2D eigenvalue weighted by Gasteiger charge is -2.05. The molecule has 0 atom stereocenters. The molecule has 1 amide bonds. The van der Waals surface area contributed by atoms with Crippen molar-refractivity contribution >= 4 is 23.4 Å². The first-order chi connectivity index (χ1) is 9.70. The Morgan fingerprint density at radius 2 is 2.10 bits per heavy atom. The van der Waals surface area contributed by atoms with Crippen LogP contribution in [0, 0.1) is 0 Å². The van der Waals surface area contributed by atoms with E-state index in [4.69, 9.17) is 5.84 Å². The van der Waals surface area contributed by atoms with Gasteiger partial charge in [-0.1, -0.05) is 36.9 Å². The number of nitrogens with zero attached hydrogens (tertiary/aromatic N) is 3. The highest BCUT2D eigenvalue weighted by Gasteiger charge is 2.11. The van der Waals surface area contributed by atoms with Gasteiger partial charge in [0.05, 0.1) is 5.75 Å². The quantitative estimate of drug-likeness (QED) is 0.624. The van der Waals surface area contributed by atoms with Crippen molar-refractivity contribution in [2.45, 2.75) is 24.9 Å². The van der Waals surface area contributed by atoms with E-state index in [1.807, 2.05) is 30.3 Å². The molecule has 0 radical (unpaired) electrons. The van der Waals surface area contributed by atoms with Gasteiger partial charge in [0.2, 0.25) is 11.1 Å². The van der Waals surface area contributed by atoms with Crippen LogP contribution in [0.15, 0.2) is 35.5 Å². The number of benzene rings is 1. The Balaban J connectivity index is 1.87. The van der Waals surface area contributed by atoms with Gasteiger partial charge in [0.15, 0.2) is 5.82 Å². The van der Waals surface area contributed by atoms with Gasteiger partial charge in [-0.15, -0.1) is 10.2 Å². The second-order valence-electron chi connectivity index (χ2n) is 4.22. The normalized spacial score (nSPS) is 10.4. The van der Waals surface area contributed by atoms with E-state index in [9.17, 15) is 4.79 Å². The van der Waals surface area contributed by atoms with Crippen LogP contribution in [0.3, 0.4) is 0 Å². The molecule has 20 heavy (non-hydrogen) atoms. The van der Waals surface area contributed by atoms with E-state index in [1.54, 1.807) is 0 Å². The predicted molar refractivity (Wildman–Crippen MR) is 80.0 cm³/mol. The standard InChI is InChI=1S/C13H17N5OS/c1-2-6-11-16-17-13(18(11)14)20-9-12(19)15-10-7-4-3-5-8-10/h3-5,7-8H,2,6,9,14H2,1H3,(H,15,19). The maximum atomic E-state index is 11.8. The number of rotatable bonds is 6. The smallest absolute Gasteiger partial charge is 0.234 e. The predicted octanol–water partition coefficient (Wildman–Crippen LogP) is 1.68. The average molecular weight is 291 g/mol. The second-order valence-corrected chi connectivity index (χ2v) is 5.16. The van der Waals surface area contributed by atoms with Gasteiger partial charge in [-0.2, -0.15) is 0 Å². The molecule has 0 bridgehead atoms. The number of aryl methyl sites for hydroxylation is 1. The Kier molecular flexibility index (Phi) is 5.00. The number of nitrogens with two attached hydrogens (primary N) is 1. The highest BCUT2D eigenvalue weighted by atomic mass is 32.2. The number of thioether (sulfide) groups is 1. The van der Waals surface area contributed by atoms with Gasteiger partial charge in [0.1, 0.15) is 0 Å². The third-order valence-corrected chi connectivity index (χ3v) is 3.54. The van der Waals surface area contributed by atoms with E-state index in [2.05, 4.69) is 22.4 Å². The van der Waals surface area contributed by atoms with Gasteiger partial charge >= 0.3 is 0 Å². The Morgan fingerprint density at radius 3 is 2.80 bits per heavy atom. The molecule has 0 unspecified atom stereocenters. The molecule has 0 aliphatic heterocycles. The molecule has 0 saturated heterocycles. The fourth-order valence-electron chi connectivity index (χ4n) is 1.65. The van der Waals surface area contributed by atoms with E-state index < -0.39 is 0 Å². The minimum Gasteiger partial charge on any atom is -0.336 e. The van der Waals surface area contributed by atoms with Crippen LogP contribution >= 0.6 is 11.8 Å². The van der Waals surface area contributed by atoms with Crippen LogP contribution in [0.1, 0.15) is 19.2 Å². The summed E-state index contributed by atoms with van der Waals surface area (Å²) in [6.45, 7) is 2.05. The van der Waals surface area contributed by atoms with Crippen LogP contribution in [-0.2, 0) is 11.2 Å². The van der Waals surface area contributed by atoms with Crippen LogP contribution in [0.25, 0.3) is 0 Å². The molecule has 1 aromatic carbocycles. The largest absolute Gasteiger partial charge is 0.336 e. The van der Waals surface area contributed by atoms with Crippen molar-refractivity contribution in [3.05, 3.63) is 36.2 Å². The summed E-state index contributed by atoms with van der Waals surface area (Å²) in [5, 5.41) is 11.3. The van der Waals surface area contributed by atoms with E-state index in [0.29, 0.717) is 5.16 Å². The van der Waals surface area contributed by atoms with Gasteiger partial charge in [0, 0.05) is 12.1 Å². The Labute approximate surface area is 121 Å². The number of hydrogen-bond acceptors (Lipinski definition) is 5. The summed E-state index contributed by atoms with van der Waals surface area (Å²) < 4.78 is 1.45. The average Bonchev–Trinajstić information content (AvgIpc) is 2.79. The van der Waals surface area contributed by atoms with Crippen molar-refractivity contribution in [2.24, 2.45) is 0 Å². The second kappa shape index (κ2) is 6.95. The minimum absolute atomic E-state index is 0.0961. The first kappa shape index (κ1) is 14.4. The van der Waals surface area contributed by atoms with Gasteiger partial charge in [-0.3, -0.25) is 4.79 Å². The van der Waals surface area contributed by atoms with E-state index in [0.717, 1.165) is 24.4 Å². The number of carbonyl (C=O) groups is 1. The summed E-state index contributed by atoms with van der Waals surface area (Å²) in [6.07, 6.45) is 1.73. The zero-order chi connectivity index (χ0) is 14.4. The lowest BCUT2D eigenvalue weighted by atomic mass is 10.3. The monoisotopic (exact) mass is 291 g/mol. The van der Waals surface area contributed by atoms with Crippen LogP contribution in [0.2, 0.25) is 0 Å². The highest BCUT2D eigenvalue weighted by molar-refractivity contribution is 7.99. The lowest BCUT2D eigenvalue weighted by molar-refractivity contribution is -0.113. The molecule has 1 aromatic heterocycles. The van der Waals surface area contributed by atoms with E-state index >= 15 is 0 Å². The van der Waals surface area contributed by atoms with Gasteiger partial charge in [0.25, 0.3) is 0 Å². The van der Waals surface area contributed by atoms with E-state index in [-0.39, 0.29) is 11.7 Å². The highest BCUT2D eigenvalue weighted by Crippen LogP contribution is 2.15. The van der Waals surface area contributed by atoms with Gasteiger partial charge < -0.3 is 11.2 Å². The van der Waals surface area contributed by atoms with Crippen molar-refractivity contribution < 1.29 is 4.79 Å². The number of carbonyl (C=O) groups excluding carboxylic acids is 1. The number of para-hydroxylation sites is 1. The van der Waals surface area contributed by atoms with Crippen molar-refractivity contribution in [3.63, 3.8) is 0 Å². The number of nitrogens with one attached hydrogen (secondary N) is 1. The number of anilines is 1. The van der Waals surface area contributed by atoms with Crippen LogP contribution < -0.4 is 11.2 Å². The molecule has 0 spiro atoms. The van der Waals surface area contributed by atoms with Gasteiger partial charge in [-0.25, -0.2) is 4.68 Å². The molecule has 3 N–H and O–H groups in total. The molecular weight excluding hydrogens is 274 g/mol. The summed E-state index contributed by atoms with van der Waals surface area (Å²) in [5.41, 5.74) is 0.777. The summed E-state index contributed by atoms with van der Waals surface area (Å²) in [5.74, 6) is 6.75. The van der Waals surface area contributed by atoms with Crippen molar-refractivity contribution in [1.82, 2.24) is 14.9 Å². The fraction of sp³-hybridized carbons (Fsp3) is 0.308. The molecule has 2 aromatic rings. The first-order valence-electron chi connectivity index (χ1n) is 6.37. The summed E-state index contributed by atoms with van der Waals surface area (Å²) >= 11 is 1.27. The molecular formula is C13H17N5OS. The van der Waals surface area contributed by atoms with Crippen molar-refractivity contribution in [3.8, 4) is 0 Å². The lowest BCUT2D eigenvalue weighted by Crippen LogP contribution is -2.17. The van der Waals surface area contributed by atoms with Crippen molar-refractivity contribution in [2.75, 3.05) is 16.9 Å². The topological polar surface area (TPSA) is 85.8 Å². The van der Waals surface area contributed by atoms with Crippen LogP contribution in [-0.4, -0.2) is 26.5 Å². The Hall–Kier alpha value is -2.02. The fourth-order valence-corrected chi connectivity index (χ4v) is 2.32. The molecule has 7 heteroatoms. The molecule has 106 valence electrons. The number of amides is 1. The summed E-state index contributed by atoms with van der Waals surface area (Å²) in [4.78, 5) is 11.8. The summed E-state index contributed by atoms with van der Waals surface area (Å²) in [7, 11) is 0. The molecule has 0 aliphatic carbocycles. The van der Waals surface area contributed by atoms with E-state index in [1.165, 1.54) is 16.4 Å². The van der Waals surface area contributed by atoms with Crippen LogP contribution in [0.5, 0.6) is 0 Å². The maximum Gasteiger partial charge on any atom is 0.234 e. The zero-order valence-electron chi connectivity index (χ0n) is 11.2. The van der Waals surface area contributed by atoms with Gasteiger partial charge in [-0.05, 0) is 18.6 Å². The third kappa shape index (κ3) is 3.74. The number of aromatic nitrogens is 3. The minimum atomic E-state index is -0.0961. The van der Waals surface area contributed by atoms with Crippen molar-refractivity contribution in [1.29, 1.82) is 0 Å². The molecule has 1 heterocycles. The number of hydrogen-bond donors (Lipinski definition) is 2.